The maximum atomic E-state index is 4.59. The van der Waals surface area contributed by atoms with Crippen LogP contribution in [0.3, 0.4) is 0 Å². The normalized spacial score (nSPS) is 19.8. The van der Waals surface area contributed by atoms with E-state index in [0.717, 1.165) is 24.7 Å². The van der Waals surface area contributed by atoms with Crippen molar-refractivity contribution in [2.24, 2.45) is 13.0 Å². The summed E-state index contributed by atoms with van der Waals surface area (Å²) in [6.07, 6.45) is 2.47. The summed E-state index contributed by atoms with van der Waals surface area (Å²) < 4.78 is 2.05. The first kappa shape index (κ1) is 13.4. The molecule has 1 N–H and O–H groups in total. The van der Waals surface area contributed by atoms with E-state index < -0.39 is 0 Å². The van der Waals surface area contributed by atoms with E-state index in [2.05, 4.69) is 47.8 Å². The molecule has 18 heavy (non-hydrogen) atoms. The number of nitrogens with zero attached hydrogens (tertiary/aromatic N) is 3. The molecule has 4 heteroatoms. The van der Waals surface area contributed by atoms with Gasteiger partial charge in [0.05, 0.1) is 5.69 Å². The lowest BCUT2D eigenvalue weighted by molar-refractivity contribution is 0.652. The number of aryl methyl sites for hydroxylation is 2. The number of hydrogen-bond donors (Lipinski definition) is 1. The topological polar surface area (TPSA) is 33.1 Å². The number of nitrogens with one attached hydrogen (secondary N) is 1. The van der Waals surface area contributed by atoms with Crippen molar-refractivity contribution in [1.82, 2.24) is 15.1 Å². The fourth-order valence-corrected chi connectivity index (χ4v) is 2.81. The minimum Gasteiger partial charge on any atom is -0.356 e. The zero-order valence-corrected chi connectivity index (χ0v) is 12.2. The molecule has 1 aromatic rings. The molecule has 1 saturated heterocycles. The molecule has 0 aliphatic carbocycles. The smallest absolute Gasteiger partial charge is 0.131 e. The van der Waals surface area contributed by atoms with Crippen molar-refractivity contribution in [2.45, 2.75) is 40.2 Å². The Kier molecular flexibility index (Phi) is 4.27. The Bertz CT molecular complexity index is 397. The summed E-state index contributed by atoms with van der Waals surface area (Å²) in [4.78, 5) is 2.49. The molecule has 0 aromatic carbocycles. The Hall–Kier alpha value is -1.03. The largest absolute Gasteiger partial charge is 0.356 e. The Morgan fingerprint density at radius 1 is 1.44 bits per heavy atom. The van der Waals surface area contributed by atoms with E-state index in [1.165, 1.54) is 37.3 Å². The van der Waals surface area contributed by atoms with Crippen molar-refractivity contribution in [1.29, 1.82) is 0 Å². The molecule has 1 aliphatic heterocycles. The third kappa shape index (κ3) is 2.69. The van der Waals surface area contributed by atoms with Crippen LogP contribution >= 0.6 is 0 Å². The van der Waals surface area contributed by atoms with E-state index in [4.69, 9.17) is 0 Å². The minimum absolute atomic E-state index is 0.802. The number of rotatable bonds is 5. The number of aromatic nitrogens is 2. The van der Waals surface area contributed by atoms with Gasteiger partial charge in [0.1, 0.15) is 5.82 Å². The van der Waals surface area contributed by atoms with Gasteiger partial charge in [0.25, 0.3) is 0 Å². The molecule has 1 aromatic heterocycles. The fourth-order valence-electron chi connectivity index (χ4n) is 2.81. The van der Waals surface area contributed by atoms with E-state index in [-0.39, 0.29) is 0 Å². The maximum absolute atomic E-state index is 4.59. The van der Waals surface area contributed by atoms with Crippen molar-refractivity contribution in [2.75, 3.05) is 24.5 Å². The van der Waals surface area contributed by atoms with Gasteiger partial charge in [-0.05, 0) is 32.2 Å². The molecule has 102 valence electrons. The first-order valence-electron chi connectivity index (χ1n) is 7.11. The zero-order chi connectivity index (χ0) is 13.1. The molecular formula is C14H26N4. The minimum atomic E-state index is 0.802. The number of anilines is 1. The van der Waals surface area contributed by atoms with Gasteiger partial charge in [-0.1, -0.05) is 13.8 Å². The fraction of sp³-hybridized carbons (Fsp3) is 0.786. The summed E-state index contributed by atoms with van der Waals surface area (Å²) in [6, 6.07) is 0. The highest BCUT2D eigenvalue weighted by molar-refractivity contribution is 5.51. The predicted molar refractivity (Wildman–Crippen MR) is 75.9 cm³/mol. The van der Waals surface area contributed by atoms with Crippen molar-refractivity contribution < 1.29 is 0 Å². The highest BCUT2D eigenvalue weighted by atomic mass is 15.4. The van der Waals surface area contributed by atoms with E-state index in [1.807, 2.05) is 0 Å². The Labute approximate surface area is 110 Å². The first-order chi connectivity index (χ1) is 8.63. The second-order valence-electron chi connectivity index (χ2n) is 5.53. The molecule has 2 heterocycles. The van der Waals surface area contributed by atoms with Crippen LogP contribution in [-0.4, -0.2) is 29.4 Å². The molecule has 0 spiro atoms. The maximum Gasteiger partial charge on any atom is 0.131 e. The highest BCUT2D eigenvalue weighted by Gasteiger charge is 2.25. The van der Waals surface area contributed by atoms with Crippen LogP contribution in [0, 0.1) is 12.8 Å². The zero-order valence-electron chi connectivity index (χ0n) is 12.2. The lowest BCUT2D eigenvalue weighted by Gasteiger charge is -2.20. The number of hydrogen-bond acceptors (Lipinski definition) is 3. The van der Waals surface area contributed by atoms with Crippen LogP contribution in [0.5, 0.6) is 0 Å². The van der Waals surface area contributed by atoms with E-state index >= 15 is 0 Å². The average Bonchev–Trinajstić information content (AvgIpc) is 2.84. The Morgan fingerprint density at radius 2 is 2.22 bits per heavy atom. The van der Waals surface area contributed by atoms with Gasteiger partial charge in [0.15, 0.2) is 0 Å². The molecule has 1 fully saturated rings. The van der Waals surface area contributed by atoms with Gasteiger partial charge in [-0.15, -0.1) is 0 Å². The lowest BCUT2D eigenvalue weighted by atomic mass is 10.2. The molecular weight excluding hydrogens is 224 g/mol. The van der Waals surface area contributed by atoms with Crippen molar-refractivity contribution in [3.05, 3.63) is 11.3 Å². The molecule has 1 atom stereocenters. The summed E-state index contributed by atoms with van der Waals surface area (Å²) in [5.74, 6) is 2.12. The van der Waals surface area contributed by atoms with Crippen LogP contribution in [0.4, 0.5) is 5.82 Å². The summed E-state index contributed by atoms with van der Waals surface area (Å²) in [6.45, 7) is 11.0. The molecule has 1 aliphatic rings. The van der Waals surface area contributed by atoms with Gasteiger partial charge < -0.3 is 10.2 Å². The van der Waals surface area contributed by atoms with E-state index in [1.54, 1.807) is 0 Å². The molecule has 0 saturated carbocycles. The molecule has 1 unspecified atom stereocenters. The van der Waals surface area contributed by atoms with E-state index in [0.29, 0.717) is 0 Å². The first-order valence-corrected chi connectivity index (χ1v) is 7.11. The van der Waals surface area contributed by atoms with Gasteiger partial charge in [-0.3, -0.25) is 4.68 Å². The summed E-state index contributed by atoms with van der Waals surface area (Å²) in [5.41, 5.74) is 2.54. The quantitative estimate of drug-likeness (QED) is 0.812. The third-order valence-corrected chi connectivity index (χ3v) is 3.77. The van der Waals surface area contributed by atoms with Crippen LogP contribution in [0.25, 0.3) is 0 Å². The molecule has 4 nitrogen and oxygen atoms in total. The van der Waals surface area contributed by atoms with Crippen LogP contribution in [0.1, 0.15) is 37.9 Å². The van der Waals surface area contributed by atoms with Gasteiger partial charge in [-0.2, -0.15) is 5.10 Å². The summed E-state index contributed by atoms with van der Waals surface area (Å²) in [5, 5.41) is 8.09. The predicted octanol–water partition coefficient (Wildman–Crippen LogP) is 2.07. The molecule has 0 amide bonds. The highest BCUT2D eigenvalue weighted by Crippen LogP contribution is 2.28. The van der Waals surface area contributed by atoms with Crippen LogP contribution < -0.4 is 10.2 Å². The molecule has 2 rings (SSSR count). The van der Waals surface area contributed by atoms with Gasteiger partial charge in [0.2, 0.25) is 0 Å². The Morgan fingerprint density at radius 3 is 2.83 bits per heavy atom. The monoisotopic (exact) mass is 250 g/mol. The SMILES string of the molecule is CCCNCc1c(C)nn(C)c1N1CCC(C)C1. The lowest BCUT2D eigenvalue weighted by Crippen LogP contribution is -2.24. The molecule has 0 radical (unpaired) electrons. The standard InChI is InChI=1S/C14H26N4/c1-5-7-15-9-13-12(3)16-17(4)14(13)18-8-6-11(2)10-18/h11,15H,5-10H2,1-4H3. The summed E-state index contributed by atoms with van der Waals surface area (Å²) >= 11 is 0. The third-order valence-electron chi connectivity index (χ3n) is 3.77. The van der Waals surface area contributed by atoms with Gasteiger partial charge in [0, 0.05) is 32.2 Å². The molecule has 0 bridgehead atoms. The van der Waals surface area contributed by atoms with Crippen LogP contribution in [0.15, 0.2) is 0 Å². The van der Waals surface area contributed by atoms with E-state index in [9.17, 15) is 0 Å². The van der Waals surface area contributed by atoms with Gasteiger partial charge >= 0.3 is 0 Å². The second kappa shape index (κ2) is 5.74. The Balaban J connectivity index is 2.17. The van der Waals surface area contributed by atoms with Crippen LogP contribution in [-0.2, 0) is 13.6 Å². The average molecular weight is 250 g/mol. The van der Waals surface area contributed by atoms with Crippen LogP contribution in [0.2, 0.25) is 0 Å². The summed E-state index contributed by atoms with van der Waals surface area (Å²) in [7, 11) is 2.06. The van der Waals surface area contributed by atoms with Crippen molar-refractivity contribution >= 4 is 5.82 Å². The second-order valence-corrected chi connectivity index (χ2v) is 5.53. The van der Waals surface area contributed by atoms with Crippen molar-refractivity contribution in [3.8, 4) is 0 Å². The van der Waals surface area contributed by atoms with Crippen molar-refractivity contribution in [3.63, 3.8) is 0 Å². The van der Waals surface area contributed by atoms with Gasteiger partial charge in [-0.25, -0.2) is 0 Å².